The number of hydrogen-bond donors (Lipinski definition) is 1. The standard InChI is InChI=1S/C17H20N2O/c18-12-17(8-3-9-17)11-15(20)10-14-7-6-13-4-1-2-5-16(13)19-14/h1-2,4-7H,3,8-12,18H2. The van der Waals surface area contributed by atoms with E-state index in [-0.39, 0.29) is 11.2 Å². The number of benzene rings is 1. The Morgan fingerprint density at radius 3 is 2.70 bits per heavy atom. The zero-order chi connectivity index (χ0) is 14.0. The Hall–Kier alpha value is -1.74. The fraction of sp³-hybridized carbons (Fsp3) is 0.412. The summed E-state index contributed by atoms with van der Waals surface area (Å²) < 4.78 is 0. The summed E-state index contributed by atoms with van der Waals surface area (Å²) in [6.07, 6.45) is 4.43. The summed E-state index contributed by atoms with van der Waals surface area (Å²) in [5.41, 5.74) is 7.72. The van der Waals surface area contributed by atoms with Gasteiger partial charge in [0.25, 0.3) is 0 Å². The predicted molar refractivity (Wildman–Crippen MR) is 80.4 cm³/mol. The molecular formula is C17H20N2O. The molecule has 1 aromatic carbocycles. The van der Waals surface area contributed by atoms with Gasteiger partial charge in [0.1, 0.15) is 5.78 Å². The lowest BCUT2D eigenvalue weighted by atomic mass is 9.65. The highest BCUT2D eigenvalue weighted by Gasteiger charge is 2.37. The molecule has 0 radical (unpaired) electrons. The van der Waals surface area contributed by atoms with E-state index in [1.807, 2.05) is 36.4 Å². The first kappa shape index (κ1) is 13.3. The van der Waals surface area contributed by atoms with E-state index in [1.54, 1.807) is 0 Å². The Morgan fingerprint density at radius 1 is 1.20 bits per heavy atom. The number of nitrogens with zero attached hydrogens (tertiary/aromatic N) is 1. The van der Waals surface area contributed by atoms with E-state index in [4.69, 9.17) is 5.73 Å². The molecule has 3 rings (SSSR count). The van der Waals surface area contributed by atoms with Crippen molar-refractivity contribution < 1.29 is 4.79 Å². The summed E-state index contributed by atoms with van der Waals surface area (Å²) in [6.45, 7) is 0.629. The van der Waals surface area contributed by atoms with Crippen molar-refractivity contribution in [3.8, 4) is 0 Å². The molecule has 3 heteroatoms. The number of aromatic nitrogens is 1. The van der Waals surface area contributed by atoms with Crippen LogP contribution in [0.2, 0.25) is 0 Å². The molecule has 0 aliphatic heterocycles. The van der Waals surface area contributed by atoms with Gasteiger partial charge in [-0.05, 0) is 36.9 Å². The van der Waals surface area contributed by atoms with Gasteiger partial charge < -0.3 is 5.73 Å². The number of ketones is 1. The monoisotopic (exact) mass is 268 g/mol. The molecule has 0 amide bonds. The smallest absolute Gasteiger partial charge is 0.139 e. The van der Waals surface area contributed by atoms with Crippen LogP contribution in [-0.2, 0) is 11.2 Å². The van der Waals surface area contributed by atoms with E-state index >= 15 is 0 Å². The van der Waals surface area contributed by atoms with Gasteiger partial charge in [-0.25, -0.2) is 0 Å². The average molecular weight is 268 g/mol. The number of carbonyl (C=O) groups excluding carboxylic acids is 1. The van der Waals surface area contributed by atoms with E-state index in [0.717, 1.165) is 29.4 Å². The lowest BCUT2D eigenvalue weighted by Gasteiger charge is -2.40. The number of nitrogens with two attached hydrogens (primary N) is 1. The van der Waals surface area contributed by atoms with Gasteiger partial charge >= 0.3 is 0 Å². The summed E-state index contributed by atoms with van der Waals surface area (Å²) in [6, 6.07) is 12.0. The maximum absolute atomic E-state index is 12.2. The topological polar surface area (TPSA) is 56.0 Å². The number of fused-ring (bicyclic) bond motifs is 1. The van der Waals surface area contributed by atoms with E-state index in [0.29, 0.717) is 19.4 Å². The van der Waals surface area contributed by atoms with Crippen molar-refractivity contribution >= 4 is 16.7 Å². The summed E-state index contributed by atoms with van der Waals surface area (Å²) >= 11 is 0. The minimum absolute atomic E-state index is 0.0912. The minimum Gasteiger partial charge on any atom is -0.330 e. The average Bonchev–Trinajstić information content (AvgIpc) is 2.43. The van der Waals surface area contributed by atoms with Crippen LogP contribution in [0.5, 0.6) is 0 Å². The molecule has 0 bridgehead atoms. The summed E-state index contributed by atoms with van der Waals surface area (Å²) in [5.74, 6) is 0.262. The minimum atomic E-state index is 0.0912. The quantitative estimate of drug-likeness (QED) is 0.907. The van der Waals surface area contributed by atoms with E-state index < -0.39 is 0 Å². The van der Waals surface area contributed by atoms with Gasteiger partial charge in [-0.2, -0.15) is 0 Å². The molecule has 1 aliphatic carbocycles. The van der Waals surface area contributed by atoms with Gasteiger partial charge in [0.15, 0.2) is 0 Å². The molecule has 1 saturated carbocycles. The third-order valence-corrected chi connectivity index (χ3v) is 4.45. The van der Waals surface area contributed by atoms with Crippen LogP contribution in [0.3, 0.4) is 0 Å². The summed E-state index contributed by atoms with van der Waals surface area (Å²) in [5, 5.41) is 1.11. The number of Topliss-reactive ketones (excluding diaryl/α,β-unsaturated/α-hetero) is 1. The molecule has 0 atom stereocenters. The molecule has 0 unspecified atom stereocenters. The van der Waals surface area contributed by atoms with Gasteiger partial charge in [-0.3, -0.25) is 9.78 Å². The lowest BCUT2D eigenvalue weighted by Crippen LogP contribution is -2.39. The number of para-hydroxylation sites is 1. The highest BCUT2D eigenvalue weighted by Crippen LogP contribution is 2.43. The van der Waals surface area contributed by atoms with Crippen LogP contribution < -0.4 is 5.73 Å². The molecule has 1 heterocycles. The predicted octanol–water partition coefficient (Wildman–Crippen LogP) is 2.87. The maximum Gasteiger partial charge on any atom is 0.139 e. The Kier molecular flexibility index (Phi) is 3.53. The van der Waals surface area contributed by atoms with Crippen molar-refractivity contribution in [2.24, 2.45) is 11.1 Å². The van der Waals surface area contributed by atoms with Gasteiger partial charge in [-0.15, -0.1) is 0 Å². The molecule has 0 spiro atoms. The number of pyridine rings is 1. The van der Waals surface area contributed by atoms with Crippen LogP contribution in [0.1, 0.15) is 31.4 Å². The largest absolute Gasteiger partial charge is 0.330 e. The zero-order valence-electron chi connectivity index (χ0n) is 11.6. The molecule has 2 aromatic rings. The molecular weight excluding hydrogens is 248 g/mol. The molecule has 3 nitrogen and oxygen atoms in total. The molecule has 1 aliphatic rings. The number of carbonyl (C=O) groups is 1. The molecule has 1 aromatic heterocycles. The van der Waals surface area contributed by atoms with Crippen LogP contribution in [0.4, 0.5) is 0 Å². The molecule has 2 N–H and O–H groups in total. The van der Waals surface area contributed by atoms with Gasteiger partial charge in [-0.1, -0.05) is 30.7 Å². The highest BCUT2D eigenvalue weighted by molar-refractivity contribution is 5.83. The highest BCUT2D eigenvalue weighted by atomic mass is 16.1. The first-order chi connectivity index (χ1) is 9.71. The van der Waals surface area contributed by atoms with E-state index in [2.05, 4.69) is 4.98 Å². The summed E-state index contributed by atoms with van der Waals surface area (Å²) in [4.78, 5) is 16.8. The molecule has 0 saturated heterocycles. The van der Waals surface area contributed by atoms with Crippen LogP contribution >= 0.6 is 0 Å². The summed E-state index contributed by atoms with van der Waals surface area (Å²) in [7, 11) is 0. The van der Waals surface area contributed by atoms with E-state index in [9.17, 15) is 4.79 Å². The second-order valence-electron chi connectivity index (χ2n) is 5.95. The van der Waals surface area contributed by atoms with Crippen molar-refractivity contribution in [1.82, 2.24) is 4.98 Å². The van der Waals surface area contributed by atoms with Gasteiger partial charge in [0, 0.05) is 23.9 Å². The normalized spacial score (nSPS) is 16.9. The van der Waals surface area contributed by atoms with Crippen LogP contribution in [0, 0.1) is 5.41 Å². The molecule has 20 heavy (non-hydrogen) atoms. The third kappa shape index (κ3) is 2.59. The van der Waals surface area contributed by atoms with Crippen molar-refractivity contribution in [1.29, 1.82) is 0 Å². The second-order valence-corrected chi connectivity index (χ2v) is 5.95. The first-order valence-electron chi connectivity index (χ1n) is 7.27. The number of rotatable bonds is 5. The van der Waals surface area contributed by atoms with Crippen molar-refractivity contribution in [3.05, 3.63) is 42.1 Å². The third-order valence-electron chi connectivity index (χ3n) is 4.45. The molecule has 1 fully saturated rings. The second kappa shape index (κ2) is 5.33. The number of hydrogen-bond acceptors (Lipinski definition) is 3. The zero-order valence-corrected chi connectivity index (χ0v) is 11.6. The van der Waals surface area contributed by atoms with Crippen molar-refractivity contribution in [2.45, 2.75) is 32.1 Å². The van der Waals surface area contributed by atoms with Gasteiger partial charge in [0.2, 0.25) is 0 Å². The van der Waals surface area contributed by atoms with Crippen LogP contribution in [-0.4, -0.2) is 17.3 Å². The fourth-order valence-electron chi connectivity index (χ4n) is 3.02. The van der Waals surface area contributed by atoms with Crippen molar-refractivity contribution in [3.63, 3.8) is 0 Å². The van der Waals surface area contributed by atoms with Crippen molar-refractivity contribution in [2.75, 3.05) is 6.54 Å². The Labute approximate surface area is 119 Å². The van der Waals surface area contributed by atoms with Crippen LogP contribution in [0.25, 0.3) is 10.9 Å². The SMILES string of the molecule is NCC1(CC(=O)Cc2ccc3ccccc3n2)CCC1. The first-order valence-corrected chi connectivity index (χ1v) is 7.27. The Morgan fingerprint density at radius 2 is 2.00 bits per heavy atom. The van der Waals surface area contributed by atoms with E-state index in [1.165, 1.54) is 6.42 Å². The van der Waals surface area contributed by atoms with Gasteiger partial charge in [0.05, 0.1) is 5.52 Å². The molecule has 104 valence electrons. The fourth-order valence-corrected chi connectivity index (χ4v) is 3.02. The van der Waals surface area contributed by atoms with Crippen LogP contribution in [0.15, 0.2) is 36.4 Å². The Bertz CT molecular complexity index is 626. The Balaban J connectivity index is 1.71. The maximum atomic E-state index is 12.2. The lowest BCUT2D eigenvalue weighted by molar-refractivity contribution is -0.122.